The van der Waals surface area contributed by atoms with Gasteiger partial charge in [0.25, 0.3) is 0 Å². The lowest BCUT2D eigenvalue weighted by molar-refractivity contribution is -0.137. The lowest BCUT2D eigenvalue weighted by Crippen LogP contribution is -2.08. The number of halogens is 1. The Kier molecular flexibility index (Phi) is 6.64. The third-order valence-electron chi connectivity index (χ3n) is 5.36. The van der Waals surface area contributed by atoms with E-state index in [9.17, 15) is 14.4 Å². The van der Waals surface area contributed by atoms with Gasteiger partial charge < -0.3 is 15.2 Å². The van der Waals surface area contributed by atoms with Crippen LogP contribution in [0.3, 0.4) is 0 Å². The average Bonchev–Trinajstić information content (AvgIpc) is 2.86. The van der Waals surface area contributed by atoms with Crippen molar-refractivity contribution in [2.24, 2.45) is 0 Å². The van der Waals surface area contributed by atoms with Crippen LogP contribution in [0.1, 0.15) is 18.4 Å². The van der Waals surface area contributed by atoms with Crippen LogP contribution in [0.5, 0.6) is 5.88 Å². The monoisotopic (exact) mass is 456 g/mol. The Morgan fingerprint density at radius 1 is 1.18 bits per heavy atom. The molecule has 34 heavy (non-hydrogen) atoms. The summed E-state index contributed by atoms with van der Waals surface area (Å²) in [5.41, 5.74) is 4.11. The predicted molar refractivity (Wildman–Crippen MR) is 127 cm³/mol. The molecule has 8 heteroatoms. The molecule has 0 unspecified atom stereocenters. The van der Waals surface area contributed by atoms with E-state index in [1.165, 1.54) is 12.1 Å². The minimum atomic E-state index is -0.904. The molecule has 0 spiro atoms. The third kappa shape index (κ3) is 4.64. The Balaban J connectivity index is 1.78. The Hall–Kier alpha value is -4.51. The van der Waals surface area contributed by atoms with Gasteiger partial charge in [-0.3, -0.25) is 4.79 Å². The van der Waals surface area contributed by atoms with Gasteiger partial charge in [-0.05, 0) is 42.3 Å². The largest absolute Gasteiger partial charge is 0.481 e. The second-order valence-electron chi connectivity index (χ2n) is 7.55. The number of rotatable bonds is 8. The van der Waals surface area contributed by atoms with Crippen molar-refractivity contribution in [1.82, 2.24) is 9.97 Å². The van der Waals surface area contributed by atoms with Crippen molar-refractivity contribution in [2.45, 2.75) is 12.8 Å². The second-order valence-corrected chi connectivity index (χ2v) is 7.55. The highest BCUT2D eigenvalue weighted by Crippen LogP contribution is 2.35. The summed E-state index contributed by atoms with van der Waals surface area (Å²) >= 11 is 0. The maximum Gasteiger partial charge on any atom is 0.303 e. The highest BCUT2D eigenvalue weighted by atomic mass is 19.1. The fraction of sp³-hybridized carbons (Fsp3) is 0.154. The molecule has 0 saturated heterocycles. The van der Waals surface area contributed by atoms with E-state index >= 15 is 0 Å². The number of hydrogen-bond acceptors (Lipinski definition) is 6. The van der Waals surface area contributed by atoms with Gasteiger partial charge in [-0.15, -0.1) is 0 Å². The first-order chi connectivity index (χ1) is 16.5. The number of aliphatic carboxylic acids is 1. The fourth-order valence-electron chi connectivity index (χ4n) is 3.77. The summed E-state index contributed by atoms with van der Waals surface area (Å²) in [6, 6.07) is 17.6. The van der Waals surface area contributed by atoms with Crippen molar-refractivity contribution < 1.29 is 19.0 Å². The number of anilines is 1. The lowest BCUT2D eigenvalue weighted by atomic mass is 9.98. The number of carboxylic acids is 1. The van der Waals surface area contributed by atoms with Gasteiger partial charge in [-0.2, -0.15) is 5.26 Å². The molecule has 4 aromatic rings. The zero-order valence-corrected chi connectivity index (χ0v) is 18.4. The number of nitrogens with one attached hydrogen (secondary N) is 1. The van der Waals surface area contributed by atoms with E-state index in [0.717, 1.165) is 11.1 Å². The molecule has 0 fully saturated rings. The number of carboxylic acid groups (broad SMARTS) is 1. The predicted octanol–water partition coefficient (Wildman–Crippen LogP) is 5.26. The van der Waals surface area contributed by atoms with Gasteiger partial charge >= 0.3 is 5.97 Å². The van der Waals surface area contributed by atoms with Gasteiger partial charge in [0.2, 0.25) is 5.88 Å². The first kappa shape index (κ1) is 22.7. The number of carbonyl (C=O) groups is 1. The first-order valence-corrected chi connectivity index (χ1v) is 10.6. The maximum absolute atomic E-state index is 14.0. The number of pyridine rings is 2. The second kappa shape index (κ2) is 9.96. The van der Waals surface area contributed by atoms with Gasteiger partial charge in [0.1, 0.15) is 17.4 Å². The summed E-state index contributed by atoms with van der Waals surface area (Å²) in [6.45, 7) is 0.315. The summed E-state index contributed by atoms with van der Waals surface area (Å²) in [5.74, 6) is -0.847. The van der Waals surface area contributed by atoms with Crippen molar-refractivity contribution in [3.05, 3.63) is 72.2 Å². The Morgan fingerprint density at radius 3 is 2.65 bits per heavy atom. The number of aromatic nitrogens is 2. The highest BCUT2D eigenvalue weighted by Gasteiger charge is 2.18. The summed E-state index contributed by atoms with van der Waals surface area (Å²) in [4.78, 5) is 19.7. The van der Waals surface area contributed by atoms with Crippen LogP contribution in [0.4, 0.5) is 10.1 Å². The van der Waals surface area contributed by atoms with E-state index in [2.05, 4.69) is 21.4 Å². The van der Waals surface area contributed by atoms with Crippen molar-refractivity contribution in [2.75, 3.05) is 19.0 Å². The molecule has 0 atom stereocenters. The molecule has 0 aliphatic carbocycles. The van der Waals surface area contributed by atoms with E-state index in [4.69, 9.17) is 9.84 Å². The van der Waals surface area contributed by atoms with Crippen LogP contribution >= 0.6 is 0 Å². The van der Waals surface area contributed by atoms with E-state index in [1.54, 1.807) is 19.4 Å². The van der Waals surface area contributed by atoms with Crippen LogP contribution in [0.25, 0.3) is 33.3 Å². The highest BCUT2D eigenvalue weighted by molar-refractivity contribution is 5.98. The molecule has 2 aromatic carbocycles. The zero-order chi connectivity index (χ0) is 24.1. The Bertz CT molecular complexity index is 1400. The van der Waals surface area contributed by atoms with E-state index in [-0.39, 0.29) is 12.0 Å². The topological polar surface area (TPSA) is 108 Å². The molecular weight excluding hydrogens is 435 g/mol. The zero-order valence-electron chi connectivity index (χ0n) is 18.4. The first-order valence-electron chi connectivity index (χ1n) is 10.6. The maximum atomic E-state index is 14.0. The third-order valence-corrected chi connectivity index (χ3v) is 5.36. The molecular formula is C26H21FN4O3. The molecule has 4 rings (SSSR count). The minimum absolute atomic E-state index is 0.0155. The number of nitrogens with zero attached hydrogens (tertiary/aromatic N) is 3. The van der Waals surface area contributed by atoms with Gasteiger partial charge in [-0.1, -0.05) is 24.3 Å². The summed E-state index contributed by atoms with van der Waals surface area (Å²) < 4.78 is 19.3. The van der Waals surface area contributed by atoms with Crippen molar-refractivity contribution >= 4 is 22.6 Å². The fourth-order valence-corrected chi connectivity index (χ4v) is 3.77. The molecule has 0 bridgehead atoms. The van der Waals surface area contributed by atoms with Gasteiger partial charge in [0.05, 0.1) is 24.0 Å². The van der Waals surface area contributed by atoms with Gasteiger partial charge in [0, 0.05) is 35.7 Å². The van der Waals surface area contributed by atoms with Crippen molar-refractivity contribution in [1.29, 1.82) is 5.26 Å². The molecule has 0 aliphatic rings. The molecule has 0 saturated carbocycles. The molecule has 0 aliphatic heterocycles. The number of benzene rings is 2. The summed E-state index contributed by atoms with van der Waals surface area (Å²) in [5, 5.41) is 22.5. The molecule has 2 N–H and O–H groups in total. The van der Waals surface area contributed by atoms with E-state index in [0.29, 0.717) is 46.7 Å². The van der Waals surface area contributed by atoms with Gasteiger partial charge in [0.15, 0.2) is 0 Å². The summed E-state index contributed by atoms with van der Waals surface area (Å²) in [6.07, 6.45) is 2.00. The Morgan fingerprint density at radius 2 is 1.94 bits per heavy atom. The SMILES string of the molecule is COc1ncccc1-c1ccc(-c2nc3ccc(F)cc3c(NCCCC(=O)O)c2C#N)cc1. The number of methoxy groups -OCH3 is 1. The minimum Gasteiger partial charge on any atom is -0.481 e. The Labute approximate surface area is 195 Å². The number of ether oxygens (including phenoxy) is 1. The number of hydrogen-bond donors (Lipinski definition) is 2. The summed E-state index contributed by atoms with van der Waals surface area (Å²) in [7, 11) is 1.56. The molecule has 0 amide bonds. The van der Waals surface area contributed by atoms with Crippen molar-refractivity contribution in [3.8, 4) is 34.3 Å². The van der Waals surface area contributed by atoms with Gasteiger partial charge in [-0.25, -0.2) is 14.4 Å². The van der Waals surface area contributed by atoms with Crippen LogP contribution in [-0.4, -0.2) is 34.7 Å². The van der Waals surface area contributed by atoms with Crippen LogP contribution in [-0.2, 0) is 4.79 Å². The smallest absolute Gasteiger partial charge is 0.303 e. The molecule has 2 aromatic heterocycles. The van der Waals surface area contributed by atoms with E-state index < -0.39 is 11.8 Å². The standard InChI is InChI=1S/C26H21FN4O3/c1-34-26-19(4-2-13-30-26)16-6-8-17(9-7-16)24-21(15-28)25(29-12-3-5-23(32)33)20-14-18(27)10-11-22(20)31-24/h2,4,6-11,13-14H,3,5,12H2,1H3,(H,29,31)(H,32,33). The molecule has 170 valence electrons. The quantitative estimate of drug-likeness (QED) is 0.348. The normalized spacial score (nSPS) is 10.6. The lowest BCUT2D eigenvalue weighted by Gasteiger charge is -2.15. The molecule has 2 heterocycles. The number of nitriles is 1. The van der Waals surface area contributed by atoms with Crippen LogP contribution in [0.15, 0.2) is 60.8 Å². The average molecular weight is 456 g/mol. The van der Waals surface area contributed by atoms with Crippen LogP contribution in [0, 0.1) is 17.1 Å². The molecule has 0 radical (unpaired) electrons. The van der Waals surface area contributed by atoms with Crippen LogP contribution in [0.2, 0.25) is 0 Å². The van der Waals surface area contributed by atoms with Crippen molar-refractivity contribution in [3.63, 3.8) is 0 Å². The number of fused-ring (bicyclic) bond motifs is 1. The van der Waals surface area contributed by atoms with Crippen LogP contribution < -0.4 is 10.1 Å². The van der Waals surface area contributed by atoms with E-state index in [1.807, 2.05) is 36.4 Å². The molecule has 7 nitrogen and oxygen atoms in total.